The van der Waals surface area contributed by atoms with Crippen LogP contribution in [-0.4, -0.2) is 11.8 Å². The lowest BCUT2D eigenvalue weighted by atomic mass is 9.99. The van der Waals surface area contributed by atoms with Crippen LogP contribution in [0.4, 0.5) is 0 Å². The van der Waals surface area contributed by atoms with Gasteiger partial charge in [-0.15, -0.1) is 0 Å². The topological polar surface area (TPSA) is 29.1 Å². The predicted molar refractivity (Wildman–Crippen MR) is 60.9 cm³/mol. The minimum absolute atomic E-state index is 0.113. The Morgan fingerprint density at radius 2 is 2.07 bits per heavy atom. The second kappa shape index (κ2) is 4.49. The van der Waals surface area contributed by atoms with E-state index in [1.54, 1.807) is 0 Å². The summed E-state index contributed by atoms with van der Waals surface area (Å²) in [5.41, 5.74) is 0.737. The van der Waals surface area contributed by atoms with Gasteiger partial charge in [-0.25, -0.2) is 0 Å². The number of carbonyl (C=O) groups excluding carboxylic acids is 1. The Morgan fingerprint density at radius 3 is 2.73 bits per heavy atom. The van der Waals surface area contributed by atoms with Crippen LogP contribution in [0.2, 0.25) is 0 Å². The first kappa shape index (κ1) is 10.2. The number of ketones is 1. The van der Waals surface area contributed by atoms with E-state index in [1.807, 2.05) is 36.4 Å². The quantitative estimate of drug-likeness (QED) is 0.615. The van der Waals surface area contributed by atoms with Crippen molar-refractivity contribution in [3.05, 3.63) is 47.1 Å². The summed E-state index contributed by atoms with van der Waals surface area (Å²) in [6.07, 6.45) is 3.56. The molecule has 78 valence electrons. The van der Waals surface area contributed by atoms with Crippen molar-refractivity contribution in [1.82, 2.24) is 5.32 Å². The van der Waals surface area contributed by atoms with Gasteiger partial charge in [0.1, 0.15) is 0 Å². The highest BCUT2D eigenvalue weighted by molar-refractivity contribution is 6.29. The molecule has 1 heterocycles. The third-order valence-corrected chi connectivity index (χ3v) is 2.73. The molecule has 2 rings (SSSR count). The average Bonchev–Trinajstić information content (AvgIpc) is 2.29. The van der Waals surface area contributed by atoms with Crippen molar-refractivity contribution in [2.45, 2.75) is 18.9 Å². The largest absolute Gasteiger partial charge is 0.366 e. The molecular formula is C12H12ClNO. The van der Waals surface area contributed by atoms with Crippen molar-refractivity contribution < 1.29 is 4.79 Å². The minimum Gasteiger partial charge on any atom is -0.366 e. The van der Waals surface area contributed by atoms with Gasteiger partial charge in [0.05, 0.1) is 11.2 Å². The third kappa shape index (κ3) is 2.39. The molecule has 0 radical (unpaired) electrons. The van der Waals surface area contributed by atoms with Crippen LogP contribution in [0.1, 0.15) is 23.2 Å². The third-order valence-electron chi connectivity index (χ3n) is 2.47. The number of carbonyl (C=O) groups is 1. The van der Waals surface area contributed by atoms with Gasteiger partial charge < -0.3 is 5.32 Å². The molecular weight excluding hydrogens is 210 g/mol. The number of halogens is 1. The smallest absolute Gasteiger partial charge is 0.185 e. The van der Waals surface area contributed by atoms with Gasteiger partial charge in [0.25, 0.3) is 0 Å². The van der Waals surface area contributed by atoms with E-state index in [2.05, 4.69) is 5.32 Å². The summed E-state index contributed by atoms with van der Waals surface area (Å²) < 4.78 is 0. The van der Waals surface area contributed by atoms with Gasteiger partial charge in [-0.1, -0.05) is 41.9 Å². The molecule has 0 aromatic heterocycles. The van der Waals surface area contributed by atoms with Gasteiger partial charge in [0.15, 0.2) is 5.78 Å². The monoisotopic (exact) mass is 221 g/mol. The molecule has 2 nitrogen and oxygen atoms in total. The van der Waals surface area contributed by atoms with E-state index in [1.165, 1.54) is 0 Å². The fourth-order valence-corrected chi connectivity index (χ4v) is 1.92. The van der Waals surface area contributed by atoms with Gasteiger partial charge in [-0.2, -0.15) is 0 Å². The molecule has 1 aliphatic rings. The molecule has 1 atom stereocenters. The first-order valence-electron chi connectivity index (χ1n) is 4.99. The van der Waals surface area contributed by atoms with E-state index in [9.17, 15) is 4.79 Å². The molecule has 15 heavy (non-hydrogen) atoms. The van der Waals surface area contributed by atoms with Crippen LogP contribution in [-0.2, 0) is 0 Å². The standard InChI is InChI=1S/C12H12ClNO/c13-11-8-4-7-10(14-11)12(15)9-5-2-1-3-6-9/h1-3,5-6,8,10,14H,4,7H2. The molecule has 0 spiro atoms. The first-order chi connectivity index (χ1) is 7.27. The maximum absolute atomic E-state index is 12.0. The summed E-state index contributed by atoms with van der Waals surface area (Å²) in [4.78, 5) is 12.0. The Hall–Kier alpha value is -1.28. The van der Waals surface area contributed by atoms with Crippen molar-refractivity contribution in [3.63, 3.8) is 0 Å². The summed E-state index contributed by atoms with van der Waals surface area (Å²) in [6, 6.07) is 9.12. The molecule has 0 amide bonds. The lowest BCUT2D eigenvalue weighted by molar-refractivity contribution is 0.0942. The SMILES string of the molecule is O=C(c1ccccc1)C1CCC=C(Cl)N1. The zero-order chi connectivity index (χ0) is 10.7. The molecule has 1 aromatic carbocycles. The van der Waals surface area contributed by atoms with Crippen LogP contribution in [0.15, 0.2) is 41.6 Å². The van der Waals surface area contributed by atoms with E-state index in [4.69, 9.17) is 11.6 Å². The summed E-state index contributed by atoms with van der Waals surface area (Å²) in [6.45, 7) is 0. The van der Waals surface area contributed by atoms with Crippen molar-refractivity contribution in [1.29, 1.82) is 0 Å². The average molecular weight is 222 g/mol. The fourth-order valence-electron chi connectivity index (χ4n) is 1.67. The van der Waals surface area contributed by atoms with Crippen LogP contribution in [0, 0.1) is 0 Å². The summed E-state index contributed by atoms with van der Waals surface area (Å²) in [7, 11) is 0. The molecule has 0 fully saturated rings. The number of benzene rings is 1. The molecule has 1 N–H and O–H groups in total. The normalized spacial score (nSPS) is 20.3. The molecule has 0 bridgehead atoms. The molecule has 1 unspecified atom stereocenters. The Morgan fingerprint density at radius 1 is 1.33 bits per heavy atom. The number of hydrogen-bond donors (Lipinski definition) is 1. The van der Waals surface area contributed by atoms with Crippen LogP contribution >= 0.6 is 11.6 Å². The van der Waals surface area contributed by atoms with Crippen LogP contribution in [0.25, 0.3) is 0 Å². The molecule has 0 saturated carbocycles. The molecule has 0 aliphatic carbocycles. The van der Waals surface area contributed by atoms with Gasteiger partial charge in [0, 0.05) is 5.56 Å². The molecule has 1 aromatic rings. The molecule has 1 aliphatic heterocycles. The number of rotatable bonds is 2. The zero-order valence-corrected chi connectivity index (χ0v) is 9.00. The second-order valence-corrected chi connectivity index (χ2v) is 3.96. The van der Waals surface area contributed by atoms with E-state index >= 15 is 0 Å². The number of allylic oxidation sites excluding steroid dienone is 1. The highest BCUT2D eigenvalue weighted by atomic mass is 35.5. The summed E-state index contributed by atoms with van der Waals surface area (Å²) in [5, 5.41) is 3.57. The van der Waals surface area contributed by atoms with E-state index < -0.39 is 0 Å². The first-order valence-corrected chi connectivity index (χ1v) is 5.36. The van der Waals surface area contributed by atoms with E-state index in [0.717, 1.165) is 18.4 Å². The maximum Gasteiger partial charge on any atom is 0.185 e. The fraction of sp³-hybridized carbons (Fsp3) is 0.250. The Bertz CT molecular complexity index is 386. The number of nitrogens with one attached hydrogen (secondary N) is 1. The Balaban J connectivity index is 2.12. The van der Waals surface area contributed by atoms with Crippen molar-refractivity contribution >= 4 is 17.4 Å². The van der Waals surface area contributed by atoms with Crippen molar-refractivity contribution in [2.24, 2.45) is 0 Å². The number of hydrogen-bond acceptors (Lipinski definition) is 2. The summed E-state index contributed by atoms with van der Waals surface area (Å²) in [5.74, 6) is 0.113. The van der Waals surface area contributed by atoms with Gasteiger partial charge in [-0.05, 0) is 18.9 Å². The minimum atomic E-state index is -0.176. The Kier molecular flexibility index (Phi) is 3.07. The lowest BCUT2D eigenvalue weighted by Gasteiger charge is -2.21. The van der Waals surface area contributed by atoms with Crippen molar-refractivity contribution in [2.75, 3.05) is 0 Å². The molecule has 3 heteroatoms. The van der Waals surface area contributed by atoms with E-state index in [0.29, 0.717) is 5.16 Å². The lowest BCUT2D eigenvalue weighted by Crippen LogP contribution is -2.37. The van der Waals surface area contributed by atoms with Gasteiger partial charge in [-0.3, -0.25) is 4.79 Å². The zero-order valence-electron chi connectivity index (χ0n) is 8.24. The second-order valence-electron chi connectivity index (χ2n) is 3.56. The number of Topliss-reactive ketones (excluding diaryl/α,β-unsaturated/α-hetero) is 1. The Labute approximate surface area is 93.9 Å². The van der Waals surface area contributed by atoms with Crippen LogP contribution < -0.4 is 5.32 Å². The summed E-state index contributed by atoms with van der Waals surface area (Å²) >= 11 is 5.84. The van der Waals surface area contributed by atoms with Crippen molar-refractivity contribution in [3.8, 4) is 0 Å². The highest BCUT2D eigenvalue weighted by Gasteiger charge is 2.21. The van der Waals surface area contributed by atoms with Gasteiger partial charge in [0.2, 0.25) is 0 Å². The van der Waals surface area contributed by atoms with Gasteiger partial charge >= 0.3 is 0 Å². The maximum atomic E-state index is 12.0. The van der Waals surface area contributed by atoms with Crippen LogP contribution in [0.3, 0.4) is 0 Å². The predicted octanol–water partition coefficient (Wildman–Crippen LogP) is 2.70. The van der Waals surface area contributed by atoms with E-state index in [-0.39, 0.29) is 11.8 Å². The highest BCUT2D eigenvalue weighted by Crippen LogP contribution is 2.16. The molecule has 0 saturated heterocycles. The van der Waals surface area contributed by atoms with Crippen LogP contribution in [0.5, 0.6) is 0 Å².